The number of nitro benzene ring substituents is 1. The zero-order valence-corrected chi connectivity index (χ0v) is 13.5. The molecule has 4 rings (SSSR count). The number of fused-ring (bicyclic) bond motifs is 3. The van der Waals surface area contributed by atoms with Crippen LogP contribution in [-0.4, -0.2) is 22.1 Å². The van der Waals surface area contributed by atoms with E-state index in [1.807, 2.05) is 23.9 Å². The first-order valence-corrected chi connectivity index (χ1v) is 8.98. The monoisotopic (exact) mass is 326 g/mol. The van der Waals surface area contributed by atoms with Gasteiger partial charge in [0.1, 0.15) is 0 Å². The maximum atomic E-state index is 10.8. The molecule has 2 aromatic carbocycles. The summed E-state index contributed by atoms with van der Waals surface area (Å²) in [5, 5.41) is 11.1. The summed E-state index contributed by atoms with van der Waals surface area (Å²) in [6.45, 7) is 1.05. The van der Waals surface area contributed by atoms with Crippen LogP contribution in [-0.2, 0) is 6.42 Å². The van der Waals surface area contributed by atoms with Crippen molar-refractivity contribution in [2.75, 3.05) is 12.3 Å². The van der Waals surface area contributed by atoms with Gasteiger partial charge >= 0.3 is 0 Å². The van der Waals surface area contributed by atoms with Gasteiger partial charge in [0.25, 0.3) is 5.69 Å². The number of hydrogen-bond donors (Lipinski definition) is 0. The molecule has 0 aliphatic carbocycles. The van der Waals surface area contributed by atoms with E-state index in [2.05, 4.69) is 29.2 Å². The highest BCUT2D eigenvalue weighted by Crippen LogP contribution is 2.47. The molecule has 0 spiro atoms. The molecule has 0 saturated carbocycles. The van der Waals surface area contributed by atoms with Gasteiger partial charge in [-0.25, -0.2) is 0 Å². The zero-order valence-electron chi connectivity index (χ0n) is 12.7. The lowest BCUT2D eigenvalue weighted by Gasteiger charge is -2.45. The SMILES string of the molecule is O=[N+]([O-])c1ccc(C2SCCC3c4ccccc4CCN32)cc1. The Hall–Kier alpha value is -1.85. The molecular formula is C18H18N2O2S. The number of nitrogens with zero attached hydrogens (tertiary/aromatic N) is 2. The normalized spacial score (nSPS) is 23.8. The molecule has 2 unspecified atom stereocenters. The van der Waals surface area contributed by atoms with Crippen LogP contribution in [0.2, 0.25) is 0 Å². The van der Waals surface area contributed by atoms with Gasteiger partial charge in [-0.2, -0.15) is 0 Å². The van der Waals surface area contributed by atoms with Crippen LogP contribution in [0.15, 0.2) is 48.5 Å². The molecule has 1 fully saturated rings. The summed E-state index contributed by atoms with van der Waals surface area (Å²) in [6.07, 6.45) is 2.25. The molecule has 4 nitrogen and oxygen atoms in total. The average Bonchev–Trinajstić information content (AvgIpc) is 2.61. The van der Waals surface area contributed by atoms with E-state index in [0.717, 1.165) is 18.7 Å². The summed E-state index contributed by atoms with van der Waals surface area (Å²) in [5.74, 6) is 1.12. The molecular weight excluding hydrogens is 308 g/mol. The van der Waals surface area contributed by atoms with Gasteiger partial charge in [0.2, 0.25) is 0 Å². The Morgan fingerprint density at radius 1 is 1.13 bits per heavy atom. The van der Waals surface area contributed by atoms with Crippen molar-refractivity contribution in [3.05, 3.63) is 75.3 Å². The van der Waals surface area contributed by atoms with E-state index >= 15 is 0 Å². The summed E-state index contributed by atoms with van der Waals surface area (Å²) in [7, 11) is 0. The molecule has 2 aliphatic heterocycles. The topological polar surface area (TPSA) is 46.4 Å². The second kappa shape index (κ2) is 5.98. The molecule has 5 heteroatoms. The van der Waals surface area contributed by atoms with Crippen molar-refractivity contribution in [1.82, 2.24) is 4.90 Å². The van der Waals surface area contributed by atoms with Gasteiger partial charge in [-0.05, 0) is 47.4 Å². The number of benzene rings is 2. The molecule has 0 aromatic heterocycles. The molecule has 0 amide bonds. The van der Waals surface area contributed by atoms with Crippen LogP contribution >= 0.6 is 11.8 Å². The quantitative estimate of drug-likeness (QED) is 0.609. The number of rotatable bonds is 2. The van der Waals surface area contributed by atoms with E-state index in [1.54, 1.807) is 12.1 Å². The maximum Gasteiger partial charge on any atom is 0.269 e. The van der Waals surface area contributed by atoms with E-state index < -0.39 is 0 Å². The molecule has 1 saturated heterocycles. The smallest absolute Gasteiger partial charge is 0.269 e. The standard InChI is InChI=1S/C18H18N2O2S/c21-20(22)15-7-5-14(6-8-15)18-19-11-9-13-3-1-2-4-16(13)17(19)10-12-23-18/h1-8,17-18H,9-12H2. The zero-order chi connectivity index (χ0) is 15.8. The van der Waals surface area contributed by atoms with Crippen LogP contribution in [0.1, 0.15) is 34.5 Å². The van der Waals surface area contributed by atoms with E-state index in [1.165, 1.54) is 23.1 Å². The first kappa shape index (κ1) is 14.7. The molecule has 2 heterocycles. The second-order valence-electron chi connectivity index (χ2n) is 6.06. The third kappa shape index (κ3) is 2.64. The van der Waals surface area contributed by atoms with E-state index in [4.69, 9.17) is 0 Å². The highest BCUT2D eigenvalue weighted by Gasteiger charge is 2.36. The number of thioether (sulfide) groups is 1. The Balaban J connectivity index is 1.65. The van der Waals surface area contributed by atoms with Crippen molar-refractivity contribution < 1.29 is 4.92 Å². The minimum Gasteiger partial charge on any atom is -0.280 e. The predicted molar refractivity (Wildman–Crippen MR) is 92.5 cm³/mol. The van der Waals surface area contributed by atoms with Gasteiger partial charge in [-0.3, -0.25) is 15.0 Å². The lowest BCUT2D eigenvalue weighted by atomic mass is 9.90. The van der Waals surface area contributed by atoms with Gasteiger partial charge in [-0.1, -0.05) is 24.3 Å². The molecule has 118 valence electrons. The van der Waals surface area contributed by atoms with E-state index in [-0.39, 0.29) is 10.6 Å². The second-order valence-corrected chi connectivity index (χ2v) is 7.25. The first-order valence-electron chi connectivity index (χ1n) is 7.93. The molecule has 2 aliphatic rings. The van der Waals surface area contributed by atoms with Gasteiger partial charge in [-0.15, -0.1) is 11.8 Å². The fourth-order valence-corrected chi connectivity index (χ4v) is 5.08. The van der Waals surface area contributed by atoms with Crippen LogP contribution in [0.3, 0.4) is 0 Å². The third-order valence-electron chi connectivity index (χ3n) is 4.81. The van der Waals surface area contributed by atoms with E-state index in [9.17, 15) is 10.1 Å². The van der Waals surface area contributed by atoms with Crippen LogP contribution in [0.4, 0.5) is 5.69 Å². The Bertz CT molecular complexity index is 732. The summed E-state index contributed by atoms with van der Waals surface area (Å²) >= 11 is 1.95. The minimum absolute atomic E-state index is 0.162. The number of nitro groups is 1. The fraction of sp³-hybridized carbons (Fsp3) is 0.333. The van der Waals surface area contributed by atoms with Gasteiger partial charge < -0.3 is 0 Å². The molecule has 23 heavy (non-hydrogen) atoms. The van der Waals surface area contributed by atoms with Crippen molar-refractivity contribution in [1.29, 1.82) is 0 Å². The highest BCUT2D eigenvalue weighted by molar-refractivity contribution is 7.99. The van der Waals surface area contributed by atoms with Crippen molar-refractivity contribution in [3.8, 4) is 0 Å². The summed E-state index contributed by atoms with van der Waals surface area (Å²) in [5.41, 5.74) is 4.27. The Labute approximate surface area is 139 Å². The van der Waals surface area contributed by atoms with Gasteiger partial charge in [0.05, 0.1) is 10.3 Å². The van der Waals surface area contributed by atoms with Gasteiger partial charge in [0.15, 0.2) is 0 Å². The van der Waals surface area contributed by atoms with Crippen molar-refractivity contribution in [3.63, 3.8) is 0 Å². The number of non-ortho nitro benzene ring substituents is 1. The average molecular weight is 326 g/mol. The van der Waals surface area contributed by atoms with Crippen molar-refractivity contribution in [2.45, 2.75) is 24.3 Å². The summed E-state index contributed by atoms with van der Waals surface area (Å²) in [4.78, 5) is 13.1. The van der Waals surface area contributed by atoms with Crippen LogP contribution < -0.4 is 0 Å². The Kier molecular flexibility index (Phi) is 3.83. The van der Waals surface area contributed by atoms with E-state index in [0.29, 0.717) is 11.4 Å². The lowest BCUT2D eigenvalue weighted by Crippen LogP contribution is -2.40. The predicted octanol–water partition coefficient (Wildman–Crippen LogP) is 4.33. The molecule has 0 bridgehead atoms. The Morgan fingerprint density at radius 2 is 1.91 bits per heavy atom. The van der Waals surface area contributed by atoms with Crippen LogP contribution in [0.25, 0.3) is 0 Å². The van der Waals surface area contributed by atoms with Crippen LogP contribution in [0.5, 0.6) is 0 Å². The Morgan fingerprint density at radius 3 is 2.70 bits per heavy atom. The molecule has 0 radical (unpaired) electrons. The molecule has 2 atom stereocenters. The lowest BCUT2D eigenvalue weighted by molar-refractivity contribution is -0.384. The fourth-order valence-electron chi connectivity index (χ4n) is 3.71. The van der Waals surface area contributed by atoms with Crippen molar-refractivity contribution >= 4 is 17.4 Å². The summed E-state index contributed by atoms with van der Waals surface area (Å²) in [6, 6.07) is 16.3. The first-order chi connectivity index (χ1) is 11.2. The largest absolute Gasteiger partial charge is 0.280 e. The summed E-state index contributed by atoms with van der Waals surface area (Å²) < 4.78 is 0. The van der Waals surface area contributed by atoms with Gasteiger partial charge in [0, 0.05) is 24.7 Å². The highest BCUT2D eigenvalue weighted by atomic mass is 32.2. The third-order valence-corrected chi connectivity index (χ3v) is 6.14. The van der Waals surface area contributed by atoms with Crippen molar-refractivity contribution in [2.24, 2.45) is 0 Å². The maximum absolute atomic E-state index is 10.8. The number of hydrogen-bond acceptors (Lipinski definition) is 4. The minimum atomic E-state index is -0.336. The molecule has 2 aromatic rings. The molecule has 0 N–H and O–H groups in total. The van der Waals surface area contributed by atoms with Crippen LogP contribution in [0, 0.1) is 10.1 Å².